The SMILES string of the molecule is COC(=O)c1ccc2cccc(NCc3c(N)ccc4c(-c5ccccc5C(=O)O)c5cc(Cl)c(=O)cc-5oc34)c2n1. The number of anilines is 2. The van der Waals surface area contributed by atoms with E-state index in [4.69, 9.17) is 26.5 Å². The molecular weight excluding hydrogens is 558 g/mol. The molecule has 1 aliphatic heterocycles. The van der Waals surface area contributed by atoms with E-state index in [0.717, 1.165) is 5.39 Å². The van der Waals surface area contributed by atoms with Gasteiger partial charge in [-0.05, 0) is 42.0 Å². The fraction of sp³-hybridized carbons (Fsp3) is 0.0625. The quantitative estimate of drug-likeness (QED) is 0.115. The number of ether oxygens (including phenoxy) is 1. The molecular formula is C32H22ClN3O6. The summed E-state index contributed by atoms with van der Waals surface area (Å²) in [5.41, 5.74) is 10.3. The van der Waals surface area contributed by atoms with Gasteiger partial charge in [-0.15, -0.1) is 0 Å². The number of carbonyl (C=O) groups excluding carboxylic acids is 1. The summed E-state index contributed by atoms with van der Waals surface area (Å²) < 4.78 is 11.1. The maximum Gasteiger partial charge on any atom is 0.356 e. The van der Waals surface area contributed by atoms with E-state index >= 15 is 0 Å². The molecule has 1 aromatic heterocycles. The van der Waals surface area contributed by atoms with Crippen molar-refractivity contribution >= 4 is 56.8 Å². The number of hydrogen-bond acceptors (Lipinski definition) is 8. The molecule has 1 aliphatic carbocycles. The van der Waals surface area contributed by atoms with Gasteiger partial charge in [0, 0.05) is 45.8 Å². The van der Waals surface area contributed by atoms with E-state index in [1.54, 1.807) is 42.5 Å². The smallest absolute Gasteiger partial charge is 0.356 e. The van der Waals surface area contributed by atoms with Crippen molar-refractivity contribution in [2.45, 2.75) is 6.54 Å². The number of benzene rings is 4. The molecule has 9 nitrogen and oxygen atoms in total. The molecule has 0 amide bonds. The van der Waals surface area contributed by atoms with Gasteiger partial charge < -0.3 is 25.3 Å². The molecule has 10 heteroatoms. The number of nitrogen functional groups attached to an aromatic ring is 1. The van der Waals surface area contributed by atoms with E-state index in [1.165, 1.54) is 25.3 Å². The minimum Gasteiger partial charge on any atom is -0.478 e. The molecule has 0 saturated carbocycles. The van der Waals surface area contributed by atoms with Gasteiger partial charge in [0.05, 0.1) is 28.9 Å². The summed E-state index contributed by atoms with van der Waals surface area (Å²) in [4.78, 5) is 41.3. The van der Waals surface area contributed by atoms with Crippen molar-refractivity contribution in [3.8, 4) is 22.5 Å². The Morgan fingerprint density at radius 1 is 1.02 bits per heavy atom. The van der Waals surface area contributed by atoms with Crippen LogP contribution < -0.4 is 16.5 Å². The number of hydrogen-bond donors (Lipinski definition) is 3. The van der Waals surface area contributed by atoms with E-state index in [0.29, 0.717) is 50.1 Å². The highest BCUT2D eigenvalue weighted by molar-refractivity contribution is 6.31. The molecule has 0 radical (unpaired) electrons. The van der Waals surface area contributed by atoms with E-state index < -0.39 is 17.4 Å². The molecule has 208 valence electrons. The first-order valence-electron chi connectivity index (χ1n) is 12.8. The number of halogens is 1. The number of carboxylic acid groups (broad SMARTS) is 1. The molecule has 6 rings (SSSR count). The maximum atomic E-state index is 12.5. The van der Waals surface area contributed by atoms with E-state index in [2.05, 4.69) is 10.3 Å². The van der Waals surface area contributed by atoms with Crippen LogP contribution in [-0.4, -0.2) is 29.1 Å². The van der Waals surface area contributed by atoms with Crippen molar-refractivity contribution in [2.75, 3.05) is 18.2 Å². The molecule has 4 aromatic rings. The van der Waals surface area contributed by atoms with Crippen LogP contribution in [0.2, 0.25) is 5.02 Å². The molecule has 0 spiro atoms. The molecule has 4 N–H and O–H groups in total. The second-order valence-corrected chi connectivity index (χ2v) is 9.94. The standard InChI is InChI=1S/C32H22ClN3O6/c1-41-32(40)25-12-9-16-5-4-8-24(29(16)36-25)35-15-21-23(34)11-10-19-28(17-6-2-3-7-18(17)31(38)39)20-13-22(33)26(37)14-27(20)42-30(19)21/h2-14,35H,15,34H2,1H3,(H,38,39). The van der Waals surface area contributed by atoms with Gasteiger partial charge in [0.25, 0.3) is 0 Å². The number of methoxy groups -OCH3 is 1. The predicted molar refractivity (Wildman–Crippen MR) is 161 cm³/mol. The highest BCUT2D eigenvalue weighted by Crippen LogP contribution is 2.44. The summed E-state index contributed by atoms with van der Waals surface area (Å²) in [6, 6.07) is 21.8. The number of aromatic nitrogens is 1. The molecule has 3 aromatic carbocycles. The van der Waals surface area contributed by atoms with Crippen LogP contribution in [0.1, 0.15) is 26.4 Å². The van der Waals surface area contributed by atoms with Gasteiger partial charge in [-0.3, -0.25) is 4.79 Å². The topological polar surface area (TPSA) is 145 Å². The van der Waals surface area contributed by atoms with Crippen molar-refractivity contribution in [3.05, 3.63) is 111 Å². The summed E-state index contributed by atoms with van der Waals surface area (Å²) in [5, 5.41) is 14.7. The molecule has 0 saturated heterocycles. The Hall–Kier alpha value is -5.41. The fourth-order valence-electron chi connectivity index (χ4n) is 5.08. The van der Waals surface area contributed by atoms with Crippen molar-refractivity contribution in [1.82, 2.24) is 4.98 Å². The lowest BCUT2D eigenvalue weighted by Gasteiger charge is -2.20. The Bertz CT molecular complexity index is 2090. The van der Waals surface area contributed by atoms with Gasteiger partial charge in [-0.1, -0.05) is 48.0 Å². The number of rotatable bonds is 6. The summed E-state index contributed by atoms with van der Waals surface area (Å²) in [6.07, 6.45) is 0. The number of para-hydroxylation sites is 1. The van der Waals surface area contributed by atoms with Crippen molar-refractivity contribution in [3.63, 3.8) is 0 Å². The molecule has 2 aliphatic rings. The highest BCUT2D eigenvalue weighted by atomic mass is 35.5. The van der Waals surface area contributed by atoms with Crippen LogP contribution in [0.25, 0.3) is 44.3 Å². The number of nitrogens with zero attached hydrogens (tertiary/aromatic N) is 1. The third-order valence-electron chi connectivity index (χ3n) is 7.08. The predicted octanol–water partition coefficient (Wildman–Crippen LogP) is 6.45. The molecule has 2 heterocycles. The first-order valence-corrected chi connectivity index (χ1v) is 13.2. The Balaban J connectivity index is 1.56. The van der Waals surface area contributed by atoms with Crippen LogP contribution in [0.3, 0.4) is 0 Å². The lowest BCUT2D eigenvalue weighted by Crippen LogP contribution is -2.08. The van der Waals surface area contributed by atoms with E-state index in [9.17, 15) is 19.5 Å². The second kappa shape index (κ2) is 10.5. The van der Waals surface area contributed by atoms with Gasteiger partial charge >= 0.3 is 11.9 Å². The van der Waals surface area contributed by atoms with Crippen LogP contribution in [0.5, 0.6) is 0 Å². The van der Waals surface area contributed by atoms with Crippen LogP contribution in [-0.2, 0) is 11.3 Å². The van der Waals surface area contributed by atoms with Crippen LogP contribution in [0.4, 0.5) is 11.4 Å². The lowest BCUT2D eigenvalue weighted by atomic mass is 9.90. The molecule has 0 fully saturated rings. The second-order valence-electron chi connectivity index (χ2n) is 9.54. The summed E-state index contributed by atoms with van der Waals surface area (Å²) >= 11 is 6.23. The Kier molecular flexibility index (Phi) is 6.72. The number of pyridine rings is 1. The zero-order chi connectivity index (χ0) is 29.5. The molecule has 42 heavy (non-hydrogen) atoms. The minimum absolute atomic E-state index is 0.0155. The number of fused-ring (bicyclic) bond motifs is 3. The van der Waals surface area contributed by atoms with Crippen LogP contribution >= 0.6 is 11.6 Å². The fourth-order valence-corrected chi connectivity index (χ4v) is 5.24. The van der Waals surface area contributed by atoms with E-state index in [1.807, 2.05) is 18.2 Å². The summed E-state index contributed by atoms with van der Waals surface area (Å²) in [6.45, 7) is 0.180. The zero-order valence-corrected chi connectivity index (χ0v) is 22.9. The monoisotopic (exact) mass is 579 g/mol. The molecule has 0 atom stereocenters. The number of nitrogens with one attached hydrogen (secondary N) is 1. The van der Waals surface area contributed by atoms with Crippen LogP contribution in [0, 0.1) is 0 Å². The van der Waals surface area contributed by atoms with Gasteiger partial charge in [-0.25, -0.2) is 14.6 Å². The highest BCUT2D eigenvalue weighted by Gasteiger charge is 2.24. The van der Waals surface area contributed by atoms with Crippen LogP contribution in [0.15, 0.2) is 88.1 Å². The Morgan fingerprint density at radius 2 is 1.83 bits per heavy atom. The van der Waals surface area contributed by atoms with Gasteiger partial charge in [0.2, 0.25) is 5.43 Å². The summed E-state index contributed by atoms with van der Waals surface area (Å²) in [5.74, 6) is -1.43. The molecule has 0 bridgehead atoms. The third-order valence-corrected chi connectivity index (χ3v) is 7.37. The third kappa shape index (κ3) is 4.55. The molecule has 0 unspecified atom stereocenters. The van der Waals surface area contributed by atoms with Gasteiger partial charge in [0.15, 0.2) is 0 Å². The number of nitrogens with two attached hydrogens (primary N) is 1. The maximum absolute atomic E-state index is 12.5. The largest absolute Gasteiger partial charge is 0.478 e. The lowest BCUT2D eigenvalue weighted by molar-refractivity contribution is 0.0593. The van der Waals surface area contributed by atoms with Gasteiger partial charge in [0.1, 0.15) is 17.0 Å². The average molecular weight is 580 g/mol. The average Bonchev–Trinajstić information content (AvgIpc) is 2.99. The normalized spacial score (nSPS) is 11.2. The number of carbonyl (C=O) groups is 2. The summed E-state index contributed by atoms with van der Waals surface area (Å²) in [7, 11) is 1.29. The first-order chi connectivity index (χ1) is 20.3. The zero-order valence-electron chi connectivity index (χ0n) is 22.1. The first kappa shape index (κ1) is 26.8. The number of aromatic carboxylic acids is 1. The number of esters is 1. The Labute approximate surface area is 243 Å². The van der Waals surface area contributed by atoms with Crippen molar-refractivity contribution < 1.29 is 23.8 Å². The van der Waals surface area contributed by atoms with Crippen molar-refractivity contribution in [2.24, 2.45) is 0 Å². The van der Waals surface area contributed by atoms with Gasteiger partial charge in [-0.2, -0.15) is 0 Å². The Morgan fingerprint density at radius 3 is 2.62 bits per heavy atom. The van der Waals surface area contributed by atoms with Crippen molar-refractivity contribution in [1.29, 1.82) is 0 Å². The van der Waals surface area contributed by atoms with E-state index in [-0.39, 0.29) is 28.6 Å². The number of carboxylic acids is 1. The minimum atomic E-state index is -1.11.